The molecular weight excluding hydrogens is 248 g/mol. The summed E-state index contributed by atoms with van der Waals surface area (Å²) in [6.45, 7) is 0.451. The van der Waals surface area contributed by atoms with Crippen molar-refractivity contribution in [2.45, 2.75) is 13.0 Å². The number of amides is 1. The molecule has 1 amide bonds. The van der Waals surface area contributed by atoms with Crippen LogP contribution in [0.15, 0.2) is 35.8 Å². The van der Waals surface area contributed by atoms with E-state index < -0.39 is 0 Å². The lowest BCUT2D eigenvalue weighted by molar-refractivity contribution is 0.0954. The van der Waals surface area contributed by atoms with Crippen LogP contribution in [0.1, 0.15) is 20.9 Å². The topological polar surface area (TPSA) is 62.2 Å². The molecule has 2 N–H and O–H groups in total. The number of thiophene rings is 1. The van der Waals surface area contributed by atoms with E-state index in [1.165, 1.54) is 11.1 Å². The van der Waals surface area contributed by atoms with E-state index in [4.69, 9.17) is 5.11 Å². The summed E-state index contributed by atoms with van der Waals surface area (Å²) in [5.74, 6) is -0.136. The second-order valence-electron chi connectivity index (χ2n) is 3.78. The highest BCUT2D eigenvalue weighted by Gasteiger charge is 2.06. The first-order chi connectivity index (χ1) is 8.79. The summed E-state index contributed by atoms with van der Waals surface area (Å²) >= 11 is 1.68. The van der Waals surface area contributed by atoms with Gasteiger partial charge in [-0.15, -0.1) is 11.3 Å². The number of aliphatic hydroxyl groups is 1. The summed E-state index contributed by atoms with van der Waals surface area (Å²) in [7, 11) is 0. The highest BCUT2D eigenvalue weighted by Crippen LogP contribution is 2.08. The van der Waals surface area contributed by atoms with Crippen LogP contribution in [0.25, 0.3) is 0 Å². The Hall–Kier alpha value is -1.72. The number of nitrogens with zero attached hydrogens (tertiary/aromatic N) is 1. The molecule has 0 unspecified atom stereocenters. The van der Waals surface area contributed by atoms with Gasteiger partial charge in [-0.25, -0.2) is 0 Å². The fourth-order valence-electron chi connectivity index (χ4n) is 1.56. The maximum Gasteiger partial charge on any atom is 0.251 e. The minimum Gasteiger partial charge on any atom is -0.390 e. The Morgan fingerprint density at radius 3 is 3.06 bits per heavy atom. The molecule has 0 aliphatic rings. The maximum absolute atomic E-state index is 11.8. The molecule has 0 fully saturated rings. The van der Waals surface area contributed by atoms with Gasteiger partial charge in [-0.3, -0.25) is 9.78 Å². The third-order valence-corrected chi connectivity index (χ3v) is 3.41. The predicted octanol–water partition coefficient (Wildman–Crippen LogP) is 1.61. The van der Waals surface area contributed by atoms with Crippen molar-refractivity contribution in [2.75, 3.05) is 6.54 Å². The van der Waals surface area contributed by atoms with E-state index in [0.29, 0.717) is 17.8 Å². The van der Waals surface area contributed by atoms with E-state index in [2.05, 4.69) is 10.3 Å². The molecule has 0 aromatic carbocycles. The van der Waals surface area contributed by atoms with Crippen molar-refractivity contribution in [2.24, 2.45) is 0 Å². The second-order valence-corrected chi connectivity index (χ2v) is 4.81. The van der Waals surface area contributed by atoms with Crippen LogP contribution < -0.4 is 5.32 Å². The van der Waals surface area contributed by atoms with Gasteiger partial charge in [0.25, 0.3) is 5.91 Å². The number of pyridine rings is 1. The van der Waals surface area contributed by atoms with Crippen molar-refractivity contribution in [3.8, 4) is 0 Å². The fraction of sp³-hybridized carbons (Fsp3) is 0.231. The number of nitrogens with one attached hydrogen (secondary N) is 1. The molecule has 5 heteroatoms. The Morgan fingerprint density at radius 1 is 1.44 bits per heavy atom. The van der Waals surface area contributed by atoms with Gasteiger partial charge in [-0.2, -0.15) is 0 Å². The molecule has 0 atom stereocenters. The van der Waals surface area contributed by atoms with Crippen LogP contribution in [-0.2, 0) is 13.0 Å². The van der Waals surface area contributed by atoms with E-state index in [0.717, 1.165) is 6.42 Å². The monoisotopic (exact) mass is 262 g/mol. The van der Waals surface area contributed by atoms with Crippen molar-refractivity contribution >= 4 is 17.2 Å². The van der Waals surface area contributed by atoms with Crippen LogP contribution in [0.5, 0.6) is 0 Å². The summed E-state index contributed by atoms with van der Waals surface area (Å²) in [5, 5.41) is 13.8. The lowest BCUT2D eigenvalue weighted by atomic mass is 10.2. The first-order valence-corrected chi connectivity index (χ1v) is 6.54. The number of hydrogen-bond donors (Lipinski definition) is 2. The summed E-state index contributed by atoms with van der Waals surface area (Å²) in [5.41, 5.74) is 1.03. The summed E-state index contributed by atoms with van der Waals surface area (Å²) in [4.78, 5) is 17.0. The number of carbonyl (C=O) groups excluding carboxylic acids is 1. The SMILES string of the molecule is O=C(NCCc1cccs1)c1ccnc(CO)c1. The largest absolute Gasteiger partial charge is 0.390 e. The number of carbonyl (C=O) groups is 1. The van der Waals surface area contributed by atoms with Gasteiger partial charge in [-0.1, -0.05) is 6.07 Å². The zero-order chi connectivity index (χ0) is 12.8. The van der Waals surface area contributed by atoms with Crippen molar-refractivity contribution in [1.82, 2.24) is 10.3 Å². The molecule has 94 valence electrons. The molecule has 0 saturated heterocycles. The van der Waals surface area contributed by atoms with Crippen LogP contribution in [0.3, 0.4) is 0 Å². The van der Waals surface area contributed by atoms with E-state index in [9.17, 15) is 4.79 Å². The third kappa shape index (κ3) is 3.38. The highest BCUT2D eigenvalue weighted by atomic mass is 32.1. The molecule has 0 aliphatic carbocycles. The Bertz CT molecular complexity index is 511. The molecule has 18 heavy (non-hydrogen) atoms. The van der Waals surface area contributed by atoms with Gasteiger partial charge in [0, 0.05) is 23.2 Å². The van der Waals surface area contributed by atoms with Crippen molar-refractivity contribution in [1.29, 1.82) is 0 Å². The minimum absolute atomic E-state index is 0.136. The third-order valence-electron chi connectivity index (χ3n) is 2.48. The summed E-state index contributed by atoms with van der Waals surface area (Å²) < 4.78 is 0. The molecule has 0 aliphatic heterocycles. The lowest BCUT2D eigenvalue weighted by Crippen LogP contribution is -2.25. The van der Waals surface area contributed by atoms with Gasteiger partial charge >= 0.3 is 0 Å². The molecule has 0 bridgehead atoms. The maximum atomic E-state index is 11.8. The van der Waals surface area contributed by atoms with Gasteiger partial charge in [0.15, 0.2) is 0 Å². The molecule has 0 saturated carbocycles. The number of aromatic nitrogens is 1. The number of hydrogen-bond acceptors (Lipinski definition) is 4. The van der Waals surface area contributed by atoms with E-state index >= 15 is 0 Å². The molecule has 2 heterocycles. The standard InChI is InChI=1S/C13H14N2O2S/c16-9-11-8-10(3-5-14-11)13(17)15-6-4-12-2-1-7-18-12/h1-3,5,7-8,16H,4,6,9H2,(H,15,17). The fourth-order valence-corrected chi connectivity index (χ4v) is 2.27. The first-order valence-electron chi connectivity index (χ1n) is 5.66. The number of aliphatic hydroxyl groups excluding tert-OH is 1. The number of rotatable bonds is 5. The molecule has 2 aromatic heterocycles. The van der Waals surface area contributed by atoms with Gasteiger partial charge in [0.1, 0.15) is 0 Å². The molecule has 0 radical (unpaired) electrons. The van der Waals surface area contributed by atoms with Gasteiger partial charge < -0.3 is 10.4 Å². The van der Waals surface area contributed by atoms with Gasteiger partial charge in [-0.05, 0) is 30.0 Å². The van der Waals surface area contributed by atoms with Crippen LogP contribution in [0.4, 0.5) is 0 Å². The highest BCUT2D eigenvalue weighted by molar-refractivity contribution is 7.09. The van der Waals surface area contributed by atoms with E-state index in [-0.39, 0.29) is 12.5 Å². The quantitative estimate of drug-likeness (QED) is 0.860. The van der Waals surface area contributed by atoms with Crippen molar-refractivity contribution in [3.63, 3.8) is 0 Å². The Morgan fingerprint density at radius 2 is 2.33 bits per heavy atom. The minimum atomic E-state index is -0.156. The van der Waals surface area contributed by atoms with E-state index in [1.807, 2.05) is 17.5 Å². The van der Waals surface area contributed by atoms with E-state index in [1.54, 1.807) is 23.5 Å². The molecule has 2 aromatic rings. The van der Waals surface area contributed by atoms with Gasteiger partial charge in [0.05, 0.1) is 12.3 Å². The predicted molar refractivity (Wildman–Crippen MR) is 70.5 cm³/mol. The Balaban J connectivity index is 1.87. The zero-order valence-electron chi connectivity index (χ0n) is 9.80. The molecule has 2 rings (SSSR count). The molecule has 0 spiro atoms. The van der Waals surface area contributed by atoms with Crippen LogP contribution in [-0.4, -0.2) is 22.5 Å². The average molecular weight is 262 g/mol. The van der Waals surface area contributed by atoms with Crippen molar-refractivity contribution < 1.29 is 9.90 Å². The van der Waals surface area contributed by atoms with Crippen molar-refractivity contribution in [3.05, 3.63) is 52.0 Å². The molecule has 4 nitrogen and oxygen atoms in total. The lowest BCUT2D eigenvalue weighted by Gasteiger charge is -2.05. The normalized spacial score (nSPS) is 10.3. The second kappa shape index (κ2) is 6.28. The van der Waals surface area contributed by atoms with Crippen LogP contribution in [0.2, 0.25) is 0 Å². The Labute approximate surface area is 109 Å². The van der Waals surface area contributed by atoms with Gasteiger partial charge in [0.2, 0.25) is 0 Å². The first kappa shape index (κ1) is 12.7. The average Bonchev–Trinajstić information content (AvgIpc) is 2.92. The Kier molecular flexibility index (Phi) is 4.44. The molecular formula is C13H14N2O2S. The zero-order valence-corrected chi connectivity index (χ0v) is 10.6. The van der Waals surface area contributed by atoms with Crippen LogP contribution in [0, 0.1) is 0 Å². The summed E-state index contributed by atoms with van der Waals surface area (Å²) in [6, 6.07) is 7.28. The van der Waals surface area contributed by atoms with Crippen LogP contribution >= 0.6 is 11.3 Å². The summed E-state index contributed by atoms with van der Waals surface area (Å²) in [6.07, 6.45) is 2.36. The smallest absolute Gasteiger partial charge is 0.251 e.